The molecule has 0 aliphatic rings. The predicted octanol–water partition coefficient (Wildman–Crippen LogP) is 2.11. The molecule has 1 aromatic rings. The third-order valence-corrected chi connectivity index (χ3v) is 3.11. The van der Waals surface area contributed by atoms with E-state index in [9.17, 15) is 9.59 Å². The van der Waals surface area contributed by atoms with Crippen LogP contribution in [0.3, 0.4) is 0 Å². The molecule has 0 spiro atoms. The summed E-state index contributed by atoms with van der Waals surface area (Å²) in [5.74, 6) is -0.495. The van der Waals surface area contributed by atoms with Crippen LogP contribution in [0.1, 0.15) is 20.0 Å². The van der Waals surface area contributed by atoms with Crippen LogP contribution in [0.15, 0.2) is 9.85 Å². The first-order valence-electron chi connectivity index (χ1n) is 3.01. The number of hydrogen-bond donors (Lipinski definition) is 0. The fourth-order valence-electron chi connectivity index (χ4n) is 0.738. The highest BCUT2D eigenvalue weighted by molar-refractivity contribution is 9.10. The Hall–Kier alpha value is -0.680. The molecule has 64 valence electrons. The molecular weight excluding hydrogens is 244 g/mol. The maximum absolute atomic E-state index is 11.1. The first-order valence-corrected chi connectivity index (χ1v) is 4.68. The second-order valence-electron chi connectivity index (χ2n) is 1.93. The summed E-state index contributed by atoms with van der Waals surface area (Å²) < 4.78 is 5.10. The molecule has 1 heterocycles. The zero-order valence-electron chi connectivity index (χ0n) is 6.17. The first-order chi connectivity index (χ1) is 5.70. The van der Waals surface area contributed by atoms with Gasteiger partial charge in [0.1, 0.15) is 0 Å². The van der Waals surface area contributed by atoms with Gasteiger partial charge in [-0.1, -0.05) is 0 Å². The summed E-state index contributed by atoms with van der Waals surface area (Å²) in [6.07, 6.45) is 0.641. The smallest absolute Gasteiger partial charge is 0.340 e. The molecule has 0 saturated carbocycles. The van der Waals surface area contributed by atoms with Crippen LogP contribution in [0, 0.1) is 0 Å². The summed E-state index contributed by atoms with van der Waals surface area (Å²) in [7, 11) is 1.28. The van der Waals surface area contributed by atoms with Crippen molar-refractivity contribution in [3.63, 3.8) is 0 Å². The summed E-state index contributed by atoms with van der Waals surface area (Å²) in [4.78, 5) is 21.9. The molecule has 0 saturated heterocycles. The number of aldehydes is 1. The van der Waals surface area contributed by atoms with Crippen LogP contribution in [0.2, 0.25) is 0 Å². The maximum atomic E-state index is 11.1. The van der Waals surface area contributed by atoms with E-state index in [1.54, 1.807) is 5.38 Å². The second kappa shape index (κ2) is 3.82. The van der Waals surface area contributed by atoms with Crippen LogP contribution < -0.4 is 0 Å². The molecule has 1 rings (SSSR count). The minimum Gasteiger partial charge on any atom is -0.465 e. The van der Waals surface area contributed by atoms with Crippen molar-refractivity contribution in [2.75, 3.05) is 7.11 Å². The number of carbonyl (C=O) groups is 2. The van der Waals surface area contributed by atoms with Crippen molar-refractivity contribution in [1.29, 1.82) is 0 Å². The average Bonchev–Trinajstić information content (AvgIpc) is 2.45. The van der Waals surface area contributed by atoms with Crippen LogP contribution in [0.25, 0.3) is 0 Å². The van der Waals surface area contributed by atoms with Crippen molar-refractivity contribution in [3.05, 3.63) is 20.3 Å². The average molecular weight is 249 g/mol. The lowest BCUT2D eigenvalue weighted by Crippen LogP contribution is -2.02. The van der Waals surface area contributed by atoms with Crippen molar-refractivity contribution < 1.29 is 14.3 Å². The molecule has 0 unspecified atom stereocenters. The number of carbonyl (C=O) groups excluding carboxylic acids is 2. The molecule has 1 aromatic heterocycles. The summed E-state index contributed by atoms with van der Waals surface area (Å²) in [5, 5.41) is 1.68. The van der Waals surface area contributed by atoms with Gasteiger partial charge in [0, 0.05) is 9.85 Å². The number of halogens is 1. The lowest BCUT2D eigenvalue weighted by Gasteiger charge is -1.96. The zero-order chi connectivity index (χ0) is 9.14. The Balaban J connectivity index is 3.18. The standard InChI is InChI=1S/C7H5BrO3S/c1-11-7(10)6-4(8)3-12-5(6)2-9/h2-3H,1H3. The number of rotatable bonds is 2. The lowest BCUT2D eigenvalue weighted by atomic mass is 10.3. The lowest BCUT2D eigenvalue weighted by molar-refractivity contribution is 0.0598. The Morgan fingerprint density at radius 3 is 2.92 bits per heavy atom. The maximum Gasteiger partial charge on any atom is 0.340 e. The van der Waals surface area contributed by atoms with Gasteiger partial charge in [-0.05, 0) is 15.9 Å². The largest absolute Gasteiger partial charge is 0.465 e. The van der Waals surface area contributed by atoms with Gasteiger partial charge in [-0.2, -0.15) is 0 Å². The summed E-state index contributed by atoms with van der Waals surface area (Å²) >= 11 is 4.35. The first kappa shape index (κ1) is 9.41. The van der Waals surface area contributed by atoms with Gasteiger partial charge in [-0.25, -0.2) is 4.79 Å². The third kappa shape index (κ3) is 1.56. The Morgan fingerprint density at radius 1 is 1.75 bits per heavy atom. The second-order valence-corrected chi connectivity index (χ2v) is 3.70. The molecule has 0 radical (unpaired) electrons. The van der Waals surface area contributed by atoms with Crippen molar-refractivity contribution >= 4 is 39.5 Å². The van der Waals surface area contributed by atoms with Gasteiger partial charge < -0.3 is 4.74 Å². The normalized spacial score (nSPS) is 9.50. The number of methoxy groups -OCH3 is 1. The fraction of sp³-hybridized carbons (Fsp3) is 0.143. The van der Waals surface area contributed by atoms with E-state index in [4.69, 9.17) is 0 Å². The van der Waals surface area contributed by atoms with E-state index in [2.05, 4.69) is 20.7 Å². The summed E-state index contributed by atoms with van der Waals surface area (Å²) in [6.45, 7) is 0. The Kier molecular flexibility index (Phi) is 2.99. The summed E-state index contributed by atoms with van der Waals surface area (Å²) in [6, 6.07) is 0. The van der Waals surface area contributed by atoms with Gasteiger partial charge in [0.15, 0.2) is 6.29 Å². The number of hydrogen-bond acceptors (Lipinski definition) is 4. The molecular formula is C7H5BrO3S. The molecule has 0 aliphatic heterocycles. The van der Waals surface area contributed by atoms with E-state index in [-0.39, 0.29) is 0 Å². The van der Waals surface area contributed by atoms with E-state index in [0.717, 1.165) is 0 Å². The van der Waals surface area contributed by atoms with E-state index in [1.807, 2.05) is 0 Å². The zero-order valence-corrected chi connectivity index (χ0v) is 8.57. The Morgan fingerprint density at radius 2 is 2.42 bits per heavy atom. The molecule has 3 nitrogen and oxygen atoms in total. The molecule has 12 heavy (non-hydrogen) atoms. The highest BCUT2D eigenvalue weighted by Crippen LogP contribution is 2.26. The Bertz CT molecular complexity index is 318. The van der Waals surface area contributed by atoms with E-state index < -0.39 is 5.97 Å². The molecule has 5 heteroatoms. The number of esters is 1. The molecule has 0 aliphatic carbocycles. The van der Waals surface area contributed by atoms with Crippen molar-refractivity contribution in [2.45, 2.75) is 0 Å². The van der Waals surface area contributed by atoms with E-state index >= 15 is 0 Å². The summed E-state index contributed by atoms with van der Waals surface area (Å²) in [5.41, 5.74) is 0.303. The van der Waals surface area contributed by atoms with Crippen molar-refractivity contribution in [2.24, 2.45) is 0 Å². The van der Waals surface area contributed by atoms with Crippen LogP contribution in [-0.2, 0) is 4.74 Å². The predicted molar refractivity (Wildman–Crippen MR) is 48.7 cm³/mol. The molecule has 0 fully saturated rings. The van der Waals surface area contributed by atoms with Gasteiger partial charge in [0.25, 0.3) is 0 Å². The van der Waals surface area contributed by atoms with E-state index in [1.165, 1.54) is 18.4 Å². The molecule has 0 aromatic carbocycles. The van der Waals surface area contributed by atoms with Gasteiger partial charge in [0.05, 0.1) is 17.6 Å². The number of thiophene rings is 1. The fourth-order valence-corrected chi connectivity index (χ4v) is 2.24. The van der Waals surface area contributed by atoms with Crippen LogP contribution >= 0.6 is 27.3 Å². The quantitative estimate of drug-likeness (QED) is 0.595. The van der Waals surface area contributed by atoms with Gasteiger partial charge in [0.2, 0.25) is 0 Å². The molecule has 0 N–H and O–H groups in total. The molecule has 0 amide bonds. The molecule has 0 bridgehead atoms. The van der Waals surface area contributed by atoms with Crippen molar-refractivity contribution in [1.82, 2.24) is 0 Å². The highest BCUT2D eigenvalue weighted by Gasteiger charge is 2.17. The third-order valence-electron chi connectivity index (χ3n) is 1.27. The number of ether oxygens (including phenoxy) is 1. The van der Waals surface area contributed by atoms with E-state index in [0.29, 0.717) is 21.2 Å². The minimum absolute atomic E-state index is 0.303. The monoisotopic (exact) mass is 248 g/mol. The highest BCUT2D eigenvalue weighted by atomic mass is 79.9. The van der Waals surface area contributed by atoms with Crippen LogP contribution in [-0.4, -0.2) is 19.4 Å². The topological polar surface area (TPSA) is 43.4 Å². The van der Waals surface area contributed by atoms with Gasteiger partial charge in [-0.15, -0.1) is 11.3 Å². The SMILES string of the molecule is COC(=O)c1c(Br)csc1C=O. The van der Waals surface area contributed by atoms with Crippen molar-refractivity contribution in [3.8, 4) is 0 Å². The van der Waals surface area contributed by atoms with Crippen LogP contribution in [0.4, 0.5) is 0 Å². The minimum atomic E-state index is -0.495. The van der Waals surface area contributed by atoms with Crippen LogP contribution in [0.5, 0.6) is 0 Å². The Labute approximate surface area is 81.5 Å². The van der Waals surface area contributed by atoms with Gasteiger partial charge in [-0.3, -0.25) is 4.79 Å². The van der Waals surface area contributed by atoms with Gasteiger partial charge >= 0.3 is 5.97 Å². The molecule has 0 atom stereocenters.